The van der Waals surface area contributed by atoms with Crippen molar-refractivity contribution >= 4 is 39.2 Å². The summed E-state index contributed by atoms with van der Waals surface area (Å²) < 4.78 is 0. The molecule has 8 heteroatoms. The third-order valence-electron chi connectivity index (χ3n) is 3.53. The Balaban J connectivity index is 2.01. The molecule has 0 aromatic heterocycles. The normalized spacial score (nSPS) is 10.5. The van der Waals surface area contributed by atoms with Gasteiger partial charge in [-0.05, 0) is 41.1 Å². The zero-order valence-corrected chi connectivity index (χ0v) is 12.3. The first-order valence-electron chi connectivity index (χ1n) is 6.93. The Kier molecular flexibility index (Phi) is 3.70. The zero-order valence-electron chi connectivity index (χ0n) is 12.3. The highest BCUT2D eigenvalue weighted by atomic mass is 16.6. The van der Waals surface area contributed by atoms with Gasteiger partial charge in [-0.15, -0.1) is 0 Å². The van der Waals surface area contributed by atoms with Crippen LogP contribution in [0.1, 0.15) is 0 Å². The monoisotopic (exact) mass is 324 g/mol. The number of hydrogen-bond acceptors (Lipinski definition) is 6. The van der Waals surface area contributed by atoms with Crippen molar-refractivity contribution in [3.8, 4) is 0 Å². The van der Waals surface area contributed by atoms with E-state index in [-0.39, 0.29) is 17.1 Å². The molecule has 120 valence electrons. The fourth-order valence-corrected chi connectivity index (χ4v) is 2.39. The standard InChI is InChI=1S/C16H12N4O4/c17-12-3-1-10-2-4-13(8-11(10)7-12)18-15-6-5-14(19(21)22)9-16(15)20(23)24/h1-9,18H,17H2. The van der Waals surface area contributed by atoms with E-state index in [2.05, 4.69) is 5.32 Å². The van der Waals surface area contributed by atoms with Gasteiger partial charge in [-0.2, -0.15) is 0 Å². The van der Waals surface area contributed by atoms with Crippen molar-refractivity contribution in [3.05, 3.63) is 74.8 Å². The lowest BCUT2D eigenvalue weighted by Gasteiger charge is -2.08. The minimum absolute atomic E-state index is 0.175. The molecule has 3 N–H and O–H groups in total. The molecule has 0 fully saturated rings. The Morgan fingerprint density at radius 1 is 0.833 bits per heavy atom. The van der Waals surface area contributed by atoms with Gasteiger partial charge in [0.1, 0.15) is 5.69 Å². The summed E-state index contributed by atoms with van der Waals surface area (Å²) in [6.07, 6.45) is 0. The van der Waals surface area contributed by atoms with Crippen molar-refractivity contribution in [1.29, 1.82) is 0 Å². The van der Waals surface area contributed by atoms with Crippen LogP contribution in [0.5, 0.6) is 0 Å². The van der Waals surface area contributed by atoms with Crippen LogP contribution in [0, 0.1) is 20.2 Å². The summed E-state index contributed by atoms with van der Waals surface area (Å²) in [4.78, 5) is 20.6. The molecule has 0 heterocycles. The quantitative estimate of drug-likeness (QED) is 0.425. The number of fused-ring (bicyclic) bond motifs is 1. The highest BCUT2D eigenvalue weighted by molar-refractivity contribution is 5.89. The van der Waals surface area contributed by atoms with E-state index in [0.717, 1.165) is 16.8 Å². The number of benzene rings is 3. The molecule has 24 heavy (non-hydrogen) atoms. The summed E-state index contributed by atoms with van der Waals surface area (Å²) in [7, 11) is 0. The number of nitrogens with one attached hydrogen (secondary N) is 1. The average molecular weight is 324 g/mol. The number of nitro groups is 2. The average Bonchev–Trinajstić information content (AvgIpc) is 2.54. The van der Waals surface area contributed by atoms with Gasteiger partial charge in [-0.1, -0.05) is 12.1 Å². The molecule has 0 aliphatic rings. The van der Waals surface area contributed by atoms with Crippen LogP contribution in [0.4, 0.5) is 28.4 Å². The second-order valence-corrected chi connectivity index (χ2v) is 5.16. The Labute approximate surface area is 135 Å². The summed E-state index contributed by atoms with van der Waals surface area (Å²) in [5.74, 6) is 0. The van der Waals surface area contributed by atoms with Gasteiger partial charge < -0.3 is 11.1 Å². The number of nitrogens with zero attached hydrogens (tertiary/aromatic N) is 2. The number of rotatable bonds is 4. The summed E-state index contributed by atoms with van der Waals surface area (Å²) in [6, 6.07) is 14.4. The van der Waals surface area contributed by atoms with E-state index in [1.165, 1.54) is 12.1 Å². The van der Waals surface area contributed by atoms with E-state index in [0.29, 0.717) is 11.4 Å². The highest BCUT2D eigenvalue weighted by Gasteiger charge is 2.19. The number of nitrogen functional groups attached to an aromatic ring is 1. The van der Waals surface area contributed by atoms with Gasteiger partial charge in [0.25, 0.3) is 11.4 Å². The first-order chi connectivity index (χ1) is 11.4. The fourth-order valence-electron chi connectivity index (χ4n) is 2.39. The van der Waals surface area contributed by atoms with E-state index in [1.807, 2.05) is 12.1 Å². The summed E-state index contributed by atoms with van der Waals surface area (Å²) in [5, 5.41) is 26.7. The van der Waals surface area contributed by atoms with E-state index >= 15 is 0 Å². The van der Waals surface area contributed by atoms with Gasteiger partial charge in [0.15, 0.2) is 0 Å². The third kappa shape index (κ3) is 2.93. The highest BCUT2D eigenvalue weighted by Crippen LogP contribution is 2.32. The second-order valence-electron chi connectivity index (χ2n) is 5.16. The number of non-ortho nitro benzene ring substituents is 1. The molecule has 0 unspecified atom stereocenters. The van der Waals surface area contributed by atoms with Gasteiger partial charge in [0, 0.05) is 17.4 Å². The van der Waals surface area contributed by atoms with Gasteiger partial charge in [0.05, 0.1) is 15.9 Å². The number of nitro benzene ring substituents is 2. The lowest BCUT2D eigenvalue weighted by Crippen LogP contribution is -1.98. The number of nitrogens with two attached hydrogens (primary N) is 1. The molecule has 0 aliphatic heterocycles. The van der Waals surface area contributed by atoms with Crippen LogP contribution in [-0.4, -0.2) is 9.85 Å². The van der Waals surface area contributed by atoms with Crippen LogP contribution < -0.4 is 11.1 Å². The van der Waals surface area contributed by atoms with Crippen LogP contribution >= 0.6 is 0 Å². The molecule has 3 aromatic rings. The van der Waals surface area contributed by atoms with Gasteiger partial charge >= 0.3 is 0 Å². The minimum atomic E-state index is -0.671. The first kappa shape index (κ1) is 15.2. The Morgan fingerprint density at radius 3 is 2.29 bits per heavy atom. The third-order valence-corrected chi connectivity index (χ3v) is 3.53. The summed E-state index contributed by atoms with van der Waals surface area (Å²) >= 11 is 0. The lowest BCUT2D eigenvalue weighted by atomic mass is 10.1. The van der Waals surface area contributed by atoms with E-state index in [4.69, 9.17) is 5.73 Å². The van der Waals surface area contributed by atoms with Gasteiger partial charge in [0.2, 0.25) is 0 Å². The van der Waals surface area contributed by atoms with Crippen molar-refractivity contribution in [2.24, 2.45) is 0 Å². The first-order valence-corrected chi connectivity index (χ1v) is 6.93. The van der Waals surface area contributed by atoms with Crippen molar-refractivity contribution in [2.45, 2.75) is 0 Å². The molecule has 0 atom stereocenters. The minimum Gasteiger partial charge on any atom is -0.399 e. The Morgan fingerprint density at radius 2 is 1.58 bits per heavy atom. The molecule has 3 rings (SSSR count). The molecule has 0 radical (unpaired) electrons. The largest absolute Gasteiger partial charge is 0.399 e. The SMILES string of the molecule is Nc1ccc2ccc(Nc3ccc([N+](=O)[O-])cc3[N+](=O)[O-])cc2c1. The van der Waals surface area contributed by atoms with Crippen LogP contribution in [0.15, 0.2) is 54.6 Å². The van der Waals surface area contributed by atoms with Crippen molar-refractivity contribution in [1.82, 2.24) is 0 Å². The molecular formula is C16H12N4O4. The molecule has 0 amide bonds. The van der Waals surface area contributed by atoms with Gasteiger partial charge in [-0.3, -0.25) is 20.2 Å². The van der Waals surface area contributed by atoms with E-state index in [9.17, 15) is 20.2 Å². The van der Waals surface area contributed by atoms with Crippen molar-refractivity contribution < 1.29 is 9.85 Å². The number of anilines is 3. The lowest BCUT2D eigenvalue weighted by molar-refractivity contribution is -0.393. The molecule has 0 bridgehead atoms. The van der Waals surface area contributed by atoms with Crippen LogP contribution in [0.3, 0.4) is 0 Å². The van der Waals surface area contributed by atoms with Crippen molar-refractivity contribution in [3.63, 3.8) is 0 Å². The smallest absolute Gasteiger partial charge is 0.299 e. The van der Waals surface area contributed by atoms with E-state index < -0.39 is 9.85 Å². The van der Waals surface area contributed by atoms with Crippen molar-refractivity contribution in [2.75, 3.05) is 11.1 Å². The predicted octanol–water partition coefficient (Wildman–Crippen LogP) is 3.98. The molecule has 3 aromatic carbocycles. The molecule has 0 saturated carbocycles. The van der Waals surface area contributed by atoms with Crippen LogP contribution in [-0.2, 0) is 0 Å². The summed E-state index contributed by atoms with van der Waals surface area (Å²) in [5.41, 5.74) is 6.47. The fraction of sp³-hybridized carbons (Fsp3) is 0. The molecule has 0 aliphatic carbocycles. The predicted molar refractivity (Wildman–Crippen MR) is 91.4 cm³/mol. The number of hydrogen-bond donors (Lipinski definition) is 2. The van der Waals surface area contributed by atoms with Crippen LogP contribution in [0.2, 0.25) is 0 Å². The van der Waals surface area contributed by atoms with E-state index in [1.54, 1.807) is 24.3 Å². The maximum absolute atomic E-state index is 11.2. The maximum atomic E-state index is 11.2. The summed E-state index contributed by atoms with van der Waals surface area (Å²) in [6.45, 7) is 0. The zero-order chi connectivity index (χ0) is 17.3. The van der Waals surface area contributed by atoms with Gasteiger partial charge in [-0.25, -0.2) is 0 Å². The Hall–Kier alpha value is -3.68. The molecule has 0 spiro atoms. The maximum Gasteiger partial charge on any atom is 0.299 e. The topological polar surface area (TPSA) is 124 Å². The molecule has 8 nitrogen and oxygen atoms in total. The van der Waals surface area contributed by atoms with Crippen LogP contribution in [0.25, 0.3) is 10.8 Å². The Bertz CT molecular complexity index is 971. The molecule has 0 saturated heterocycles. The second kappa shape index (κ2) is 5.84. The molecular weight excluding hydrogens is 312 g/mol.